The number of benzene rings is 1. The van der Waals surface area contributed by atoms with Gasteiger partial charge in [-0.1, -0.05) is 17.7 Å². The van der Waals surface area contributed by atoms with E-state index >= 15 is 0 Å². The maximum atomic E-state index is 12.6. The van der Waals surface area contributed by atoms with Gasteiger partial charge in [-0.05, 0) is 31.0 Å². The lowest BCUT2D eigenvalue weighted by atomic mass is 9.94. The maximum absolute atomic E-state index is 12.6. The third-order valence-corrected chi connectivity index (χ3v) is 2.68. The fourth-order valence-electron chi connectivity index (χ4n) is 1.29. The van der Waals surface area contributed by atoms with Gasteiger partial charge in [0.2, 0.25) is 0 Å². The molecule has 5 heteroatoms. The number of nitrogens with two attached hydrogens (primary N) is 1. The van der Waals surface area contributed by atoms with Crippen molar-refractivity contribution in [3.63, 3.8) is 0 Å². The minimum Gasteiger partial charge on any atom is -0.497 e. The highest BCUT2D eigenvalue weighted by Gasteiger charge is 2.31. The first-order valence-electron chi connectivity index (χ1n) is 4.76. The maximum Gasteiger partial charge on any atom is 0.256 e. The first-order chi connectivity index (χ1) is 7.36. The van der Waals surface area contributed by atoms with E-state index in [2.05, 4.69) is 0 Å². The van der Waals surface area contributed by atoms with Crippen molar-refractivity contribution in [2.45, 2.75) is 25.3 Å². The summed E-state index contributed by atoms with van der Waals surface area (Å²) < 4.78 is 30.1. The van der Waals surface area contributed by atoms with Crippen LogP contribution < -0.4 is 10.5 Å². The number of hydrogen-bond donors (Lipinski definition) is 1. The summed E-state index contributed by atoms with van der Waals surface area (Å²) in [7, 11) is 1.51. The molecule has 1 rings (SSSR count). The van der Waals surface area contributed by atoms with Gasteiger partial charge in [-0.3, -0.25) is 0 Å². The summed E-state index contributed by atoms with van der Waals surface area (Å²) in [5.74, 6) is 0.588. The van der Waals surface area contributed by atoms with Crippen molar-refractivity contribution < 1.29 is 13.5 Å². The van der Waals surface area contributed by atoms with Crippen molar-refractivity contribution in [1.29, 1.82) is 0 Å². The zero-order valence-corrected chi connectivity index (χ0v) is 9.89. The lowest BCUT2D eigenvalue weighted by Crippen LogP contribution is -2.45. The van der Waals surface area contributed by atoms with Crippen LogP contribution in [0.5, 0.6) is 5.75 Å². The SMILES string of the molecule is COc1ccc(CC(C)(N)C(F)F)c(Cl)c1. The van der Waals surface area contributed by atoms with Crippen molar-refractivity contribution in [3.05, 3.63) is 28.8 Å². The first kappa shape index (κ1) is 13.2. The summed E-state index contributed by atoms with van der Waals surface area (Å²) in [5.41, 5.74) is 4.51. The second-order valence-corrected chi connectivity index (χ2v) is 4.35. The molecule has 0 radical (unpaired) electrons. The van der Waals surface area contributed by atoms with Crippen LogP contribution in [0.1, 0.15) is 12.5 Å². The van der Waals surface area contributed by atoms with Gasteiger partial charge >= 0.3 is 0 Å². The topological polar surface area (TPSA) is 35.2 Å². The van der Waals surface area contributed by atoms with Gasteiger partial charge in [-0.15, -0.1) is 0 Å². The minimum absolute atomic E-state index is 0.0213. The third kappa shape index (κ3) is 3.06. The van der Waals surface area contributed by atoms with E-state index in [9.17, 15) is 8.78 Å². The summed E-state index contributed by atoms with van der Waals surface area (Å²) in [4.78, 5) is 0. The van der Waals surface area contributed by atoms with E-state index in [0.29, 0.717) is 16.3 Å². The Labute approximate surface area is 98.3 Å². The average molecular weight is 250 g/mol. The number of halogens is 3. The van der Waals surface area contributed by atoms with Crippen molar-refractivity contribution in [2.24, 2.45) is 5.73 Å². The molecule has 0 aliphatic rings. The van der Waals surface area contributed by atoms with Crippen LogP contribution in [-0.4, -0.2) is 19.1 Å². The molecule has 2 N–H and O–H groups in total. The van der Waals surface area contributed by atoms with Crippen LogP contribution in [0.15, 0.2) is 18.2 Å². The summed E-state index contributed by atoms with van der Waals surface area (Å²) in [6.07, 6.45) is -2.57. The van der Waals surface area contributed by atoms with Crippen LogP contribution >= 0.6 is 11.6 Å². The molecule has 90 valence electrons. The Balaban J connectivity index is 2.90. The highest BCUT2D eigenvalue weighted by molar-refractivity contribution is 6.31. The molecule has 0 spiro atoms. The van der Waals surface area contributed by atoms with E-state index in [1.165, 1.54) is 14.0 Å². The highest BCUT2D eigenvalue weighted by Crippen LogP contribution is 2.27. The molecule has 0 aromatic heterocycles. The Kier molecular flexibility index (Phi) is 4.10. The molecular weight excluding hydrogens is 236 g/mol. The van der Waals surface area contributed by atoms with Crippen LogP contribution in [0.4, 0.5) is 8.78 Å². The smallest absolute Gasteiger partial charge is 0.256 e. The molecule has 1 unspecified atom stereocenters. The van der Waals surface area contributed by atoms with Crippen molar-refractivity contribution in [3.8, 4) is 5.75 Å². The van der Waals surface area contributed by atoms with E-state index in [-0.39, 0.29) is 6.42 Å². The van der Waals surface area contributed by atoms with Gasteiger partial charge in [0.05, 0.1) is 12.6 Å². The molecule has 0 amide bonds. The molecule has 1 aromatic carbocycles. The molecule has 0 bridgehead atoms. The molecule has 2 nitrogen and oxygen atoms in total. The monoisotopic (exact) mass is 249 g/mol. The molecule has 16 heavy (non-hydrogen) atoms. The average Bonchev–Trinajstić information content (AvgIpc) is 2.20. The molecule has 1 atom stereocenters. The summed E-state index contributed by atoms with van der Waals surface area (Å²) in [5, 5.41) is 0.386. The summed E-state index contributed by atoms with van der Waals surface area (Å²) >= 11 is 5.94. The molecular formula is C11H14ClF2NO. The van der Waals surface area contributed by atoms with E-state index < -0.39 is 12.0 Å². The van der Waals surface area contributed by atoms with Gasteiger partial charge in [0.1, 0.15) is 5.75 Å². The normalized spacial score (nSPS) is 14.9. The van der Waals surface area contributed by atoms with E-state index in [1.807, 2.05) is 0 Å². The second kappa shape index (κ2) is 4.97. The van der Waals surface area contributed by atoms with Gasteiger partial charge in [0.15, 0.2) is 0 Å². The molecule has 1 aromatic rings. The molecule has 0 heterocycles. The van der Waals surface area contributed by atoms with Gasteiger partial charge in [-0.2, -0.15) is 0 Å². The fourth-order valence-corrected chi connectivity index (χ4v) is 1.52. The number of hydrogen-bond acceptors (Lipinski definition) is 2. The van der Waals surface area contributed by atoms with Crippen LogP contribution in [0.25, 0.3) is 0 Å². The van der Waals surface area contributed by atoms with Crippen LogP contribution in [0, 0.1) is 0 Å². The Morgan fingerprint density at radius 2 is 2.12 bits per heavy atom. The van der Waals surface area contributed by atoms with E-state index in [0.717, 1.165) is 0 Å². The second-order valence-electron chi connectivity index (χ2n) is 3.94. The Morgan fingerprint density at radius 1 is 1.50 bits per heavy atom. The van der Waals surface area contributed by atoms with Gasteiger partial charge in [0.25, 0.3) is 6.43 Å². The molecule has 0 fully saturated rings. The standard InChI is InChI=1S/C11H14ClF2NO/c1-11(15,10(13)14)6-7-3-4-8(16-2)5-9(7)12/h3-5,10H,6,15H2,1-2H3. The third-order valence-electron chi connectivity index (χ3n) is 2.33. The van der Waals surface area contributed by atoms with Crippen LogP contribution in [-0.2, 0) is 6.42 Å². The Bertz CT molecular complexity index is 369. The number of ether oxygens (including phenoxy) is 1. The van der Waals surface area contributed by atoms with E-state index in [4.69, 9.17) is 22.1 Å². The molecule has 0 saturated carbocycles. The Hall–Kier alpha value is -0.870. The van der Waals surface area contributed by atoms with E-state index in [1.54, 1.807) is 18.2 Å². The highest BCUT2D eigenvalue weighted by atomic mass is 35.5. The zero-order chi connectivity index (χ0) is 12.3. The quantitative estimate of drug-likeness (QED) is 0.891. The van der Waals surface area contributed by atoms with Crippen molar-refractivity contribution in [2.75, 3.05) is 7.11 Å². The lowest BCUT2D eigenvalue weighted by Gasteiger charge is -2.24. The largest absolute Gasteiger partial charge is 0.497 e. The number of alkyl halides is 2. The van der Waals surface area contributed by atoms with Gasteiger partial charge in [0, 0.05) is 5.02 Å². The molecule has 0 aliphatic carbocycles. The van der Waals surface area contributed by atoms with Gasteiger partial charge < -0.3 is 10.5 Å². The fraction of sp³-hybridized carbons (Fsp3) is 0.455. The van der Waals surface area contributed by atoms with Crippen molar-refractivity contribution >= 4 is 11.6 Å². The Morgan fingerprint density at radius 3 is 2.56 bits per heavy atom. The number of methoxy groups -OCH3 is 1. The van der Waals surface area contributed by atoms with Crippen LogP contribution in [0.3, 0.4) is 0 Å². The molecule has 0 saturated heterocycles. The van der Waals surface area contributed by atoms with Crippen molar-refractivity contribution in [1.82, 2.24) is 0 Å². The summed E-state index contributed by atoms with van der Waals surface area (Å²) in [6.45, 7) is 1.30. The summed E-state index contributed by atoms with van der Waals surface area (Å²) in [6, 6.07) is 4.90. The van der Waals surface area contributed by atoms with Crippen LogP contribution in [0.2, 0.25) is 5.02 Å². The lowest BCUT2D eigenvalue weighted by molar-refractivity contribution is 0.0639. The predicted molar refractivity (Wildman–Crippen MR) is 60.3 cm³/mol. The number of rotatable bonds is 4. The molecule has 0 aliphatic heterocycles. The predicted octanol–water partition coefficient (Wildman–Crippen LogP) is 2.87. The first-order valence-corrected chi connectivity index (χ1v) is 5.14. The zero-order valence-electron chi connectivity index (χ0n) is 9.14. The van der Waals surface area contributed by atoms with Gasteiger partial charge in [-0.25, -0.2) is 8.78 Å². The minimum atomic E-state index is -2.59.